The number of nitrogens with zero attached hydrogens (tertiary/aromatic N) is 2. The van der Waals surface area contributed by atoms with E-state index in [1.165, 1.54) is 24.7 Å². The van der Waals surface area contributed by atoms with E-state index in [0.717, 1.165) is 24.9 Å². The van der Waals surface area contributed by atoms with Crippen LogP contribution in [0.2, 0.25) is 0 Å². The zero-order valence-corrected chi connectivity index (χ0v) is 16.3. The summed E-state index contributed by atoms with van der Waals surface area (Å²) in [6.07, 6.45) is 9.38. The topological polar surface area (TPSA) is 85.4 Å². The molecule has 1 aliphatic carbocycles. The van der Waals surface area contributed by atoms with Gasteiger partial charge in [-0.2, -0.15) is 0 Å². The van der Waals surface area contributed by atoms with Crippen LogP contribution in [0.15, 0.2) is 42.2 Å². The van der Waals surface area contributed by atoms with Crippen molar-refractivity contribution < 1.29 is 14.3 Å². The van der Waals surface area contributed by atoms with Crippen LogP contribution in [0.4, 0.5) is 11.5 Å². The molecule has 0 aliphatic heterocycles. The zero-order valence-electron chi connectivity index (χ0n) is 16.3. The number of hydrogen-bond donors (Lipinski definition) is 2. The van der Waals surface area contributed by atoms with Gasteiger partial charge in [-0.05, 0) is 44.2 Å². The monoisotopic (exact) mass is 382 g/mol. The number of carbonyl (C=O) groups excluding carboxylic acids is 1. The molecule has 0 saturated carbocycles. The number of benzene rings is 1. The number of ether oxygens (including phenoxy) is 2. The van der Waals surface area contributed by atoms with Crippen molar-refractivity contribution in [1.29, 1.82) is 0 Å². The predicted molar refractivity (Wildman–Crippen MR) is 108 cm³/mol. The molecule has 7 heteroatoms. The first-order valence-corrected chi connectivity index (χ1v) is 9.47. The van der Waals surface area contributed by atoms with Crippen LogP contribution < -0.4 is 20.1 Å². The van der Waals surface area contributed by atoms with Gasteiger partial charge in [-0.15, -0.1) is 0 Å². The molecule has 28 heavy (non-hydrogen) atoms. The van der Waals surface area contributed by atoms with E-state index in [4.69, 9.17) is 9.47 Å². The Morgan fingerprint density at radius 1 is 1.11 bits per heavy atom. The van der Waals surface area contributed by atoms with Gasteiger partial charge in [-0.1, -0.05) is 11.6 Å². The third kappa shape index (κ3) is 5.22. The summed E-state index contributed by atoms with van der Waals surface area (Å²) in [5, 5.41) is 6.09. The van der Waals surface area contributed by atoms with E-state index < -0.39 is 0 Å². The molecule has 0 atom stereocenters. The van der Waals surface area contributed by atoms with Crippen LogP contribution in [0.1, 0.15) is 42.6 Å². The van der Waals surface area contributed by atoms with Crippen molar-refractivity contribution in [3.63, 3.8) is 0 Å². The van der Waals surface area contributed by atoms with Gasteiger partial charge in [0.15, 0.2) is 11.5 Å². The molecule has 0 fully saturated rings. The first kappa shape index (κ1) is 19.7. The Morgan fingerprint density at radius 2 is 1.96 bits per heavy atom. The minimum Gasteiger partial charge on any atom is -0.493 e. The molecule has 2 aromatic rings. The van der Waals surface area contributed by atoms with Crippen molar-refractivity contribution in [1.82, 2.24) is 15.3 Å². The second kappa shape index (κ2) is 9.73. The lowest BCUT2D eigenvalue weighted by Gasteiger charge is -2.13. The number of aromatic nitrogens is 2. The molecular formula is C21H26N4O3. The number of amides is 1. The van der Waals surface area contributed by atoms with Crippen LogP contribution >= 0.6 is 0 Å². The Balaban J connectivity index is 1.60. The minimum absolute atomic E-state index is 0.200. The highest BCUT2D eigenvalue weighted by atomic mass is 16.5. The van der Waals surface area contributed by atoms with E-state index in [-0.39, 0.29) is 5.91 Å². The van der Waals surface area contributed by atoms with Gasteiger partial charge in [0.2, 0.25) is 0 Å². The number of anilines is 2. The summed E-state index contributed by atoms with van der Waals surface area (Å²) < 4.78 is 10.5. The Kier molecular flexibility index (Phi) is 6.84. The Morgan fingerprint density at radius 3 is 2.71 bits per heavy atom. The average Bonchev–Trinajstić information content (AvgIpc) is 2.74. The van der Waals surface area contributed by atoms with E-state index in [2.05, 4.69) is 26.7 Å². The Hall–Kier alpha value is -3.09. The molecule has 7 nitrogen and oxygen atoms in total. The van der Waals surface area contributed by atoms with Gasteiger partial charge in [-0.3, -0.25) is 4.79 Å². The molecule has 3 rings (SSSR count). The lowest BCUT2D eigenvalue weighted by Crippen LogP contribution is -2.26. The molecule has 2 N–H and O–H groups in total. The largest absolute Gasteiger partial charge is 0.493 e. The summed E-state index contributed by atoms with van der Waals surface area (Å²) >= 11 is 0. The molecular weight excluding hydrogens is 356 g/mol. The quantitative estimate of drug-likeness (QED) is 0.675. The first-order chi connectivity index (χ1) is 13.7. The van der Waals surface area contributed by atoms with Crippen molar-refractivity contribution in [2.45, 2.75) is 32.1 Å². The average molecular weight is 382 g/mol. The molecule has 1 aliphatic rings. The van der Waals surface area contributed by atoms with Gasteiger partial charge < -0.3 is 20.1 Å². The molecule has 0 spiro atoms. The Bertz CT molecular complexity index is 851. The fourth-order valence-corrected chi connectivity index (χ4v) is 3.17. The molecule has 1 heterocycles. The third-order valence-corrected chi connectivity index (χ3v) is 4.67. The maximum atomic E-state index is 12.4. The minimum atomic E-state index is -0.200. The van der Waals surface area contributed by atoms with Crippen LogP contribution in [-0.4, -0.2) is 36.6 Å². The maximum absolute atomic E-state index is 12.4. The molecule has 148 valence electrons. The summed E-state index contributed by atoms with van der Waals surface area (Å²) in [5.74, 6) is 1.58. The van der Waals surface area contributed by atoms with Gasteiger partial charge in [0.1, 0.15) is 17.8 Å². The molecule has 1 amide bonds. The number of rotatable bonds is 8. The van der Waals surface area contributed by atoms with Crippen molar-refractivity contribution >= 4 is 17.4 Å². The van der Waals surface area contributed by atoms with Gasteiger partial charge in [0.25, 0.3) is 5.91 Å². The summed E-state index contributed by atoms with van der Waals surface area (Å²) in [6.45, 7) is 0.618. The third-order valence-electron chi connectivity index (χ3n) is 4.67. The van der Waals surface area contributed by atoms with Gasteiger partial charge in [-0.25, -0.2) is 9.97 Å². The zero-order chi connectivity index (χ0) is 19.8. The van der Waals surface area contributed by atoms with Crippen LogP contribution in [0.5, 0.6) is 11.5 Å². The molecule has 0 unspecified atom stereocenters. The van der Waals surface area contributed by atoms with Gasteiger partial charge in [0, 0.05) is 24.4 Å². The highest BCUT2D eigenvalue weighted by molar-refractivity contribution is 5.93. The second-order valence-corrected chi connectivity index (χ2v) is 6.60. The number of nitrogens with one attached hydrogen (secondary N) is 2. The maximum Gasteiger partial charge on any atom is 0.270 e. The summed E-state index contributed by atoms with van der Waals surface area (Å²) in [5.41, 5.74) is 2.53. The van der Waals surface area contributed by atoms with E-state index >= 15 is 0 Å². The lowest BCUT2D eigenvalue weighted by atomic mass is 9.97. The van der Waals surface area contributed by atoms with E-state index in [1.807, 2.05) is 6.07 Å². The molecule has 1 aromatic carbocycles. The highest BCUT2D eigenvalue weighted by Gasteiger charge is 2.11. The summed E-state index contributed by atoms with van der Waals surface area (Å²) in [4.78, 5) is 20.7. The number of carbonyl (C=O) groups is 1. The van der Waals surface area contributed by atoms with Crippen LogP contribution in [0.3, 0.4) is 0 Å². The fraction of sp³-hybridized carbons (Fsp3) is 0.381. The number of hydrogen-bond acceptors (Lipinski definition) is 6. The van der Waals surface area contributed by atoms with Crippen molar-refractivity contribution in [2.75, 3.05) is 26.1 Å². The molecule has 1 aromatic heterocycles. The second-order valence-electron chi connectivity index (χ2n) is 6.60. The van der Waals surface area contributed by atoms with Crippen molar-refractivity contribution in [2.24, 2.45) is 0 Å². The predicted octanol–water partition coefficient (Wildman–Crippen LogP) is 3.86. The number of allylic oxidation sites excluding steroid dienone is 1. The Labute approximate surface area is 165 Å². The summed E-state index contributed by atoms with van der Waals surface area (Å²) in [7, 11) is 3.17. The van der Waals surface area contributed by atoms with Crippen LogP contribution in [0.25, 0.3) is 0 Å². The SMILES string of the molecule is COc1ccc(Nc2cc(C(=O)NCCC3=CCCCC3)ncn2)cc1OC. The normalized spacial score (nSPS) is 13.4. The van der Waals surface area contributed by atoms with E-state index in [9.17, 15) is 4.79 Å². The van der Waals surface area contributed by atoms with E-state index in [0.29, 0.717) is 29.6 Å². The first-order valence-electron chi connectivity index (χ1n) is 9.47. The lowest BCUT2D eigenvalue weighted by molar-refractivity contribution is 0.0949. The van der Waals surface area contributed by atoms with Crippen LogP contribution in [0, 0.1) is 0 Å². The van der Waals surface area contributed by atoms with Crippen molar-refractivity contribution in [3.05, 3.63) is 47.9 Å². The van der Waals surface area contributed by atoms with Crippen LogP contribution in [-0.2, 0) is 0 Å². The molecule has 0 saturated heterocycles. The fourth-order valence-electron chi connectivity index (χ4n) is 3.17. The van der Waals surface area contributed by atoms with Gasteiger partial charge in [0.05, 0.1) is 14.2 Å². The highest BCUT2D eigenvalue weighted by Crippen LogP contribution is 2.30. The van der Waals surface area contributed by atoms with Gasteiger partial charge >= 0.3 is 0 Å². The van der Waals surface area contributed by atoms with Crippen molar-refractivity contribution in [3.8, 4) is 11.5 Å². The standard InChI is InChI=1S/C21H26N4O3/c1-27-18-9-8-16(12-19(18)28-2)25-20-13-17(23-14-24-20)21(26)22-11-10-15-6-4-3-5-7-15/h6,8-9,12-14H,3-5,7,10-11H2,1-2H3,(H,22,26)(H,23,24,25). The number of methoxy groups -OCH3 is 2. The molecule has 0 bridgehead atoms. The summed E-state index contributed by atoms with van der Waals surface area (Å²) in [6, 6.07) is 7.08. The van der Waals surface area contributed by atoms with E-state index in [1.54, 1.807) is 32.4 Å². The smallest absolute Gasteiger partial charge is 0.270 e. The molecule has 0 radical (unpaired) electrons.